The van der Waals surface area contributed by atoms with Gasteiger partial charge in [0.25, 0.3) is 0 Å². The Kier molecular flexibility index (Phi) is 2.53. The van der Waals surface area contributed by atoms with Gasteiger partial charge in [-0.1, -0.05) is 24.3 Å². The number of fused-ring (bicyclic) bond motifs is 1. The van der Waals surface area contributed by atoms with Gasteiger partial charge in [-0.2, -0.15) is 0 Å². The van der Waals surface area contributed by atoms with Crippen LogP contribution in [0.15, 0.2) is 29.3 Å². The van der Waals surface area contributed by atoms with E-state index in [0.717, 1.165) is 19.3 Å². The number of hydrogen-bond acceptors (Lipinski definition) is 2. The molecule has 0 fully saturated rings. The molecule has 0 aliphatic heterocycles. The summed E-state index contributed by atoms with van der Waals surface area (Å²) in [6.45, 7) is 0. The van der Waals surface area contributed by atoms with Crippen LogP contribution in [0.5, 0.6) is 0 Å². The summed E-state index contributed by atoms with van der Waals surface area (Å²) in [5.41, 5.74) is 2.89. The maximum Gasteiger partial charge on any atom is 0.0646 e. The Morgan fingerprint density at radius 1 is 1.31 bits per heavy atom. The number of aliphatic imine (C=N–C) groups is 1. The minimum atomic E-state index is 0.368. The second-order valence-corrected chi connectivity index (χ2v) is 3.57. The van der Waals surface area contributed by atoms with Crippen LogP contribution in [-0.4, -0.2) is 11.2 Å². The van der Waals surface area contributed by atoms with Gasteiger partial charge in [0.2, 0.25) is 0 Å². The molecule has 0 aromatic heterocycles. The van der Waals surface area contributed by atoms with Crippen LogP contribution in [0.2, 0.25) is 0 Å². The van der Waals surface area contributed by atoms with E-state index >= 15 is 0 Å². The highest BCUT2D eigenvalue weighted by Gasteiger charge is 2.16. The maximum absolute atomic E-state index is 4.61. The highest BCUT2D eigenvalue weighted by atomic mass is 32.1. The van der Waals surface area contributed by atoms with Gasteiger partial charge in [-0.05, 0) is 42.6 Å². The molecule has 0 heterocycles. The summed E-state index contributed by atoms with van der Waals surface area (Å²) in [5, 5.41) is 2.48. The molecule has 1 atom stereocenters. The molecule has 1 aromatic rings. The molecule has 2 heteroatoms. The Balaban J connectivity index is 2.24. The van der Waals surface area contributed by atoms with Gasteiger partial charge < -0.3 is 0 Å². The lowest BCUT2D eigenvalue weighted by molar-refractivity contribution is 0.582. The third kappa shape index (κ3) is 1.85. The summed E-state index contributed by atoms with van der Waals surface area (Å²) in [5.74, 6) is 0. The average Bonchev–Trinajstić information content (AvgIpc) is 2.18. The van der Waals surface area contributed by atoms with E-state index in [-0.39, 0.29) is 0 Å². The van der Waals surface area contributed by atoms with Crippen LogP contribution < -0.4 is 0 Å². The molecular formula is C11H11NS. The molecule has 1 aliphatic rings. The van der Waals surface area contributed by atoms with Crippen molar-refractivity contribution < 1.29 is 0 Å². The third-order valence-electron chi connectivity index (χ3n) is 2.56. The van der Waals surface area contributed by atoms with E-state index in [0.29, 0.717) is 6.04 Å². The summed E-state index contributed by atoms with van der Waals surface area (Å²) in [4.78, 5) is 4.15. The Hall–Kier alpha value is -0.980. The molecule has 2 rings (SSSR count). The Labute approximate surface area is 83.5 Å². The van der Waals surface area contributed by atoms with E-state index in [1.54, 1.807) is 0 Å². The summed E-state index contributed by atoms with van der Waals surface area (Å²) >= 11 is 4.61. The molecule has 0 amide bonds. The van der Waals surface area contributed by atoms with Gasteiger partial charge in [-0.15, -0.1) is 0 Å². The second kappa shape index (κ2) is 3.82. The SMILES string of the molecule is S=C=NC1CCc2ccccc2C1. The first-order chi connectivity index (χ1) is 6.40. The predicted octanol–water partition coefficient (Wildman–Crippen LogP) is 2.65. The quantitative estimate of drug-likeness (QED) is 0.488. The molecular weight excluding hydrogens is 178 g/mol. The number of rotatable bonds is 1. The summed E-state index contributed by atoms with van der Waals surface area (Å²) in [6, 6.07) is 8.93. The zero-order chi connectivity index (χ0) is 9.10. The molecule has 13 heavy (non-hydrogen) atoms. The fourth-order valence-corrected chi connectivity index (χ4v) is 2.01. The number of benzene rings is 1. The molecule has 66 valence electrons. The zero-order valence-electron chi connectivity index (χ0n) is 7.36. The van der Waals surface area contributed by atoms with E-state index in [9.17, 15) is 0 Å². The standard InChI is InChI=1S/C11H11NS/c13-8-12-11-6-5-9-3-1-2-4-10(9)7-11/h1-4,11H,5-7H2. The van der Waals surface area contributed by atoms with Crippen molar-refractivity contribution in [1.82, 2.24) is 0 Å². The van der Waals surface area contributed by atoms with Gasteiger partial charge in [0.15, 0.2) is 0 Å². The first-order valence-corrected chi connectivity index (χ1v) is 4.95. The Bertz CT molecular complexity index is 353. The van der Waals surface area contributed by atoms with Gasteiger partial charge in [-0.25, -0.2) is 4.99 Å². The van der Waals surface area contributed by atoms with Crippen molar-refractivity contribution in [3.8, 4) is 0 Å². The van der Waals surface area contributed by atoms with Crippen molar-refractivity contribution in [3.63, 3.8) is 0 Å². The third-order valence-corrected chi connectivity index (χ3v) is 2.66. The summed E-state index contributed by atoms with van der Waals surface area (Å²) in [7, 11) is 0. The normalized spacial score (nSPS) is 20.2. The lowest BCUT2D eigenvalue weighted by atomic mass is 9.89. The van der Waals surface area contributed by atoms with Gasteiger partial charge in [-0.3, -0.25) is 0 Å². The smallest absolute Gasteiger partial charge is 0.0646 e. The fraction of sp³-hybridized carbons (Fsp3) is 0.364. The van der Waals surface area contributed by atoms with Crippen molar-refractivity contribution in [2.24, 2.45) is 4.99 Å². The first kappa shape index (κ1) is 8.61. The van der Waals surface area contributed by atoms with Crippen LogP contribution in [0.3, 0.4) is 0 Å². The Morgan fingerprint density at radius 2 is 2.08 bits per heavy atom. The van der Waals surface area contributed by atoms with Gasteiger partial charge in [0, 0.05) is 0 Å². The van der Waals surface area contributed by atoms with Crippen LogP contribution in [0.25, 0.3) is 0 Å². The molecule has 0 spiro atoms. The van der Waals surface area contributed by atoms with Crippen molar-refractivity contribution >= 4 is 17.4 Å². The first-order valence-electron chi connectivity index (χ1n) is 4.54. The molecule has 1 aromatic carbocycles. The molecule has 0 bridgehead atoms. The van der Waals surface area contributed by atoms with E-state index < -0.39 is 0 Å². The van der Waals surface area contributed by atoms with Crippen LogP contribution in [0.1, 0.15) is 17.5 Å². The average molecular weight is 189 g/mol. The van der Waals surface area contributed by atoms with Crippen LogP contribution >= 0.6 is 12.2 Å². The number of hydrogen-bond donors (Lipinski definition) is 0. The number of aryl methyl sites for hydroxylation is 1. The highest BCUT2D eigenvalue weighted by Crippen LogP contribution is 2.22. The van der Waals surface area contributed by atoms with Crippen LogP contribution in [0.4, 0.5) is 0 Å². The van der Waals surface area contributed by atoms with E-state index in [1.165, 1.54) is 11.1 Å². The molecule has 0 saturated heterocycles. The van der Waals surface area contributed by atoms with Gasteiger partial charge in [0.05, 0.1) is 11.2 Å². The lowest BCUT2D eigenvalue weighted by Gasteiger charge is -2.20. The lowest BCUT2D eigenvalue weighted by Crippen LogP contribution is -2.16. The molecule has 1 unspecified atom stereocenters. The van der Waals surface area contributed by atoms with Crippen molar-refractivity contribution in [2.45, 2.75) is 25.3 Å². The van der Waals surface area contributed by atoms with E-state index in [2.05, 4.69) is 46.6 Å². The van der Waals surface area contributed by atoms with Gasteiger partial charge >= 0.3 is 0 Å². The number of nitrogens with zero attached hydrogens (tertiary/aromatic N) is 1. The topological polar surface area (TPSA) is 12.4 Å². The largest absolute Gasteiger partial charge is 0.229 e. The minimum absolute atomic E-state index is 0.368. The molecule has 1 aliphatic carbocycles. The fourth-order valence-electron chi connectivity index (χ4n) is 1.86. The number of thiocarbonyl (C=S) groups is 1. The summed E-state index contributed by atoms with van der Waals surface area (Å²) < 4.78 is 0. The maximum atomic E-state index is 4.61. The van der Waals surface area contributed by atoms with Crippen molar-refractivity contribution in [3.05, 3.63) is 35.4 Å². The van der Waals surface area contributed by atoms with Crippen molar-refractivity contribution in [1.29, 1.82) is 0 Å². The van der Waals surface area contributed by atoms with Crippen molar-refractivity contribution in [2.75, 3.05) is 0 Å². The summed E-state index contributed by atoms with van der Waals surface area (Å²) in [6.07, 6.45) is 3.27. The second-order valence-electron chi connectivity index (χ2n) is 3.39. The minimum Gasteiger partial charge on any atom is -0.229 e. The van der Waals surface area contributed by atoms with Gasteiger partial charge in [0.1, 0.15) is 0 Å². The number of isothiocyanates is 1. The monoisotopic (exact) mass is 189 g/mol. The predicted molar refractivity (Wildman–Crippen MR) is 57.3 cm³/mol. The van der Waals surface area contributed by atoms with Crippen LogP contribution in [0, 0.1) is 0 Å². The highest BCUT2D eigenvalue weighted by molar-refractivity contribution is 7.78. The Morgan fingerprint density at radius 3 is 2.85 bits per heavy atom. The van der Waals surface area contributed by atoms with E-state index in [1.807, 2.05) is 0 Å². The zero-order valence-corrected chi connectivity index (χ0v) is 8.18. The molecule has 1 nitrogen and oxygen atoms in total. The molecule has 0 radical (unpaired) electrons. The molecule has 0 N–H and O–H groups in total. The van der Waals surface area contributed by atoms with E-state index in [4.69, 9.17) is 0 Å². The molecule has 0 saturated carbocycles. The van der Waals surface area contributed by atoms with Crippen LogP contribution in [-0.2, 0) is 12.8 Å².